The van der Waals surface area contributed by atoms with Crippen molar-refractivity contribution in [2.24, 2.45) is 5.41 Å². The number of carbonyl (C=O) groups excluding carboxylic acids is 1. The Morgan fingerprint density at radius 1 is 1.22 bits per heavy atom. The number of hydrogen-bond donors (Lipinski definition) is 1. The Hall–Kier alpha value is -3.57. The third-order valence-corrected chi connectivity index (χ3v) is 8.11. The summed E-state index contributed by atoms with van der Waals surface area (Å²) < 4.78 is 13.8. The van der Waals surface area contributed by atoms with Crippen LogP contribution < -0.4 is 10.1 Å². The molecule has 2 aliphatic heterocycles. The molecule has 2 aliphatic rings. The number of rotatable bonds is 5. The van der Waals surface area contributed by atoms with Gasteiger partial charge in [0.05, 0.1) is 24.6 Å². The predicted octanol–water partition coefficient (Wildman–Crippen LogP) is 4.04. The first-order valence-corrected chi connectivity index (χ1v) is 12.8. The number of ether oxygens (including phenoxy) is 2. The summed E-state index contributed by atoms with van der Waals surface area (Å²) >= 11 is 1.42. The molecule has 0 aromatic carbocycles. The molecule has 0 aliphatic carbocycles. The third-order valence-electron chi connectivity index (χ3n) is 7.11. The Kier molecular flexibility index (Phi) is 6.02. The molecule has 4 aromatic rings. The number of anilines is 1. The zero-order valence-corrected chi connectivity index (χ0v) is 20.8. The summed E-state index contributed by atoms with van der Waals surface area (Å²) in [5.41, 5.74) is 3.75. The van der Waals surface area contributed by atoms with Crippen molar-refractivity contribution in [1.82, 2.24) is 29.6 Å². The fraction of sp³-hybridized carbons (Fsp3) is 0.400. The van der Waals surface area contributed by atoms with Crippen LogP contribution in [0.1, 0.15) is 24.8 Å². The molecule has 4 aromatic heterocycles. The molecule has 36 heavy (non-hydrogen) atoms. The van der Waals surface area contributed by atoms with Gasteiger partial charge in [0.15, 0.2) is 5.13 Å². The van der Waals surface area contributed by atoms with E-state index in [9.17, 15) is 4.79 Å². The standard InChI is InChI=1S/C25H27N7O3S/c1-34-22-20-21(19(13-27-22)18-12-28-32(15-18)14-17-2-7-26-8-3-17)36-23(29-20)30-24(33)31-9-4-25(16-31)5-10-35-11-6-25/h2-3,7-8,12-13,15H,4-6,9-11,14,16H2,1H3,(H,29,30,33). The summed E-state index contributed by atoms with van der Waals surface area (Å²) in [6.45, 7) is 3.72. The molecule has 2 fully saturated rings. The van der Waals surface area contributed by atoms with E-state index in [1.165, 1.54) is 11.3 Å². The summed E-state index contributed by atoms with van der Waals surface area (Å²) in [7, 11) is 1.57. The lowest BCUT2D eigenvalue weighted by Crippen LogP contribution is -2.37. The van der Waals surface area contributed by atoms with E-state index >= 15 is 0 Å². The largest absolute Gasteiger partial charge is 0.479 e. The highest BCUT2D eigenvalue weighted by Crippen LogP contribution is 2.41. The molecule has 6 heterocycles. The Balaban J connectivity index is 1.24. The molecule has 0 atom stereocenters. The molecular weight excluding hydrogens is 478 g/mol. The highest BCUT2D eigenvalue weighted by molar-refractivity contribution is 7.23. The fourth-order valence-corrected chi connectivity index (χ4v) is 6.03. The van der Waals surface area contributed by atoms with Gasteiger partial charge in [-0.2, -0.15) is 5.10 Å². The third kappa shape index (κ3) is 4.40. The van der Waals surface area contributed by atoms with Gasteiger partial charge in [0.1, 0.15) is 5.52 Å². The molecule has 0 unspecified atom stereocenters. The molecule has 11 heteroatoms. The number of methoxy groups -OCH3 is 1. The maximum absolute atomic E-state index is 13.1. The lowest BCUT2D eigenvalue weighted by molar-refractivity contribution is 0.0211. The van der Waals surface area contributed by atoms with Crippen molar-refractivity contribution in [3.63, 3.8) is 0 Å². The van der Waals surface area contributed by atoms with Crippen molar-refractivity contribution in [2.45, 2.75) is 25.8 Å². The number of pyridine rings is 2. The van der Waals surface area contributed by atoms with E-state index in [0.29, 0.717) is 23.1 Å². The zero-order valence-electron chi connectivity index (χ0n) is 20.0. The average molecular weight is 506 g/mol. The lowest BCUT2D eigenvalue weighted by atomic mass is 9.80. The molecular formula is C25H27N7O3S. The molecule has 10 nitrogen and oxygen atoms in total. The molecule has 2 saturated heterocycles. The highest BCUT2D eigenvalue weighted by Gasteiger charge is 2.41. The minimum Gasteiger partial charge on any atom is -0.479 e. The van der Waals surface area contributed by atoms with Crippen molar-refractivity contribution in [3.05, 3.63) is 48.7 Å². The van der Waals surface area contributed by atoms with Gasteiger partial charge in [-0.05, 0) is 42.4 Å². The van der Waals surface area contributed by atoms with Gasteiger partial charge in [-0.3, -0.25) is 15.0 Å². The second kappa shape index (κ2) is 9.47. The number of fused-ring (bicyclic) bond motifs is 1. The number of aromatic nitrogens is 5. The summed E-state index contributed by atoms with van der Waals surface area (Å²) in [5, 5.41) is 8.07. The number of nitrogens with one attached hydrogen (secondary N) is 1. The SMILES string of the molecule is COc1ncc(-c2cnn(Cc3ccncc3)c2)c2sc(NC(=O)N3CCC4(CCOCC4)C3)nc12. The van der Waals surface area contributed by atoms with E-state index in [2.05, 4.69) is 25.4 Å². The quantitative estimate of drug-likeness (QED) is 0.436. The Bertz CT molecular complexity index is 1380. The van der Waals surface area contributed by atoms with E-state index in [1.807, 2.05) is 34.1 Å². The minimum absolute atomic E-state index is 0.115. The Morgan fingerprint density at radius 3 is 2.86 bits per heavy atom. The van der Waals surface area contributed by atoms with Crippen LogP contribution in [0.2, 0.25) is 0 Å². The second-order valence-electron chi connectivity index (χ2n) is 9.37. The van der Waals surface area contributed by atoms with Crippen molar-refractivity contribution in [2.75, 3.05) is 38.7 Å². The maximum Gasteiger partial charge on any atom is 0.323 e. The summed E-state index contributed by atoms with van der Waals surface area (Å²) in [6, 6.07) is 3.82. The topological polar surface area (TPSA) is 107 Å². The van der Waals surface area contributed by atoms with Crippen LogP contribution in [0.15, 0.2) is 43.1 Å². The average Bonchev–Trinajstić information content (AvgIpc) is 3.64. The normalized spacial score (nSPS) is 17.1. The van der Waals surface area contributed by atoms with Crippen molar-refractivity contribution >= 4 is 32.7 Å². The predicted molar refractivity (Wildman–Crippen MR) is 136 cm³/mol. The Labute approximate surface area is 212 Å². The van der Waals surface area contributed by atoms with Crippen molar-refractivity contribution < 1.29 is 14.3 Å². The van der Waals surface area contributed by atoms with Gasteiger partial charge < -0.3 is 14.4 Å². The van der Waals surface area contributed by atoms with E-state index in [4.69, 9.17) is 9.47 Å². The van der Waals surface area contributed by atoms with E-state index in [-0.39, 0.29) is 11.4 Å². The second-order valence-corrected chi connectivity index (χ2v) is 10.4. The number of carbonyl (C=O) groups is 1. The summed E-state index contributed by atoms with van der Waals surface area (Å²) in [6.07, 6.45) is 12.2. The van der Waals surface area contributed by atoms with Crippen LogP contribution in [0.3, 0.4) is 0 Å². The number of likely N-dealkylation sites (tertiary alicyclic amines) is 1. The molecule has 1 spiro atoms. The van der Waals surface area contributed by atoms with Crippen LogP contribution in [0.25, 0.3) is 21.3 Å². The van der Waals surface area contributed by atoms with E-state index in [0.717, 1.165) is 67.0 Å². The van der Waals surface area contributed by atoms with Gasteiger partial charge in [-0.1, -0.05) is 11.3 Å². The van der Waals surface area contributed by atoms with Gasteiger partial charge in [0, 0.05) is 62.2 Å². The first-order chi connectivity index (χ1) is 17.6. The molecule has 1 N–H and O–H groups in total. The van der Waals surface area contributed by atoms with Gasteiger partial charge in [-0.15, -0.1) is 0 Å². The summed E-state index contributed by atoms with van der Waals surface area (Å²) in [4.78, 5) is 28.2. The first kappa shape index (κ1) is 22.9. The molecule has 0 radical (unpaired) electrons. The van der Waals surface area contributed by atoms with Crippen LogP contribution in [-0.2, 0) is 11.3 Å². The molecule has 0 bridgehead atoms. The fourth-order valence-electron chi connectivity index (χ4n) is 5.05. The van der Waals surface area contributed by atoms with Crippen LogP contribution in [-0.4, -0.2) is 69.1 Å². The van der Waals surface area contributed by atoms with Gasteiger partial charge in [-0.25, -0.2) is 14.8 Å². The van der Waals surface area contributed by atoms with Gasteiger partial charge in [0.25, 0.3) is 0 Å². The first-order valence-electron chi connectivity index (χ1n) is 12.0. The van der Waals surface area contributed by atoms with Gasteiger partial charge >= 0.3 is 6.03 Å². The highest BCUT2D eigenvalue weighted by atomic mass is 32.1. The zero-order chi connectivity index (χ0) is 24.5. The smallest absolute Gasteiger partial charge is 0.323 e. The van der Waals surface area contributed by atoms with Gasteiger partial charge in [0.2, 0.25) is 5.88 Å². The minimum atomic E-state index is -0.115. The molecule has 6 rings (SSSR count). The number of amides is 2. The lowest BCUT2D eigenvalue weighted by Gasteiger charge is -2.33. The van der Waals surface area contributed by atoms with Crippen molar-refractivity contribution in [3.8, 4) is 17.0 Å². The summed E-state index contributed by atoms with van der Waals surface area (Å²) in [5.74, 6) is 0.428. The number of thiazole rings is 1. The van der Waals surface area contributed by atoms with Crippen LogP contribution in [0.5, 0.6) is 5.88 Å². The number of nitrogens with zero attached hydrogens (tertiary/aromatic N) is 6. The Morgan fingerprint density at radius 2 is 2.06 bits per heavy atom. The maximum atomic E-state index is 13.1. The molecule has 186 valence electrons. The molecule has 2 amide bonds. The van der Waals surface area contributed by atoms with Crippen LogP contribution in [0.4, 0.5) is 9.93 Å². The van der Waals surface area contributed by atoms with E-state index < -0.39 is 0 Å². The monoisotopic (exact) mass is 505 g/mol. The van der Waals surface area contributed by atoms with Crippen molar-refractivity contribution in [1.29, 1.82) is 0 Å². The number of hydrogen-bond acceptors (Lipinski definition) is 8. The van der Waals surface area contributed by atoms with Crippen LogP contribution >= 0.6 is 11.3 Å². The van der Waals surface area contributed by atoms with E-state index in [1.54, 1.807) is 25.7 Å². The number of urea groups is 1. The molecule has 0 saturated carbocycles. The van der Waals surface area contributed by atoms with Crippen LogP contribution in [0, 0.1) is 5.41 Å².